The number of benzene rings is 1. The van der Waals surface area contributed by atoms with Gasteiger partial charge in [-0.1, -0.05) is 12.1 Å². The van der Waals surface area contributed by atoms with Crippen molar-refractivity contribution in [2.24, 2.45) is 5.92 Å². The van der Waals surface area contributed by atoms with Crippen LogP contribution < -0.4 is 10.6 Å². The van der Waals surface area contributed by atoms with Crippen LogP contribution in [0.3, 0.4) is 0 Å². The molecule has 3 nitrogen and oxygen atoms in total. The maximum absolute atomic E-state index is 13.5. The van der Waals surface area contributed by atoms with E-state index >= 15 is 0 Å². The molecule has 2 N–H and O–H groups in total. The van der Waals surface area contributed by atoms with Gasteiger partial charge in [-0.3, -0.25) is 4.79 Å². The molecule has 1 fully saturated rings. The Morgan fingerprint density at radius 2 is 2.11 bits per heavy atom. The van der Waals surface area contributed by atoms with Crippen LogP contribution in [0.2, 0.25) is 0 Å². The number of nitrogens with one attached hydrogen (secondary N) is 2. The predicted octanol–water partition coefficient (Wildman–Crippen LogP) is 2.31. The monoisotopic (exact) mass is 264 g/mol. The molecule has 4 heteroatoms. The largest absolute Gasteiger partial charge is 0.349 e. The Bertz CT molecular complexity index is 455. The number of piperidine rings is 1. The Labute approximate surface area is 113 Å². The molecule has 1 saturated heterocycles. The summed E-state index contributed by atoms with van der Waals surface area (Å²) in [6, 6.07) is 4.96. The molecule has 0 saturated carbocycles. The molecule has 0 aromatic heterocycles. The van der Waals surface area contributed by atoms with E-state index in [1.807, 2.05) is 13.0 Å². The van der Waals surface area contributed by atoms with E-state index in [1.165, 1.54) is 6.07 Å². The van der Waals surface area contributed by atoms with Crippen molar-refractivity contribution >= 4 is 5.91 Å². The van der Waals surface area contributed by atoms with E-state index in [0.29, 0.717) is 5.56 Å². The van der Waals surface area contributed by atoms with Crippen LogP contribution >= 0.6 is 0 Å². The lowest BCUT2D eigenvalue weighted by atomic mass is 9.96. The van der Waals surface area contributed by atoms with Crippen LogP contribution in [-0.4, -0.2) is 19.0 Å². The molecule has 104 valence electrons. The third-order valence-electron chi connectivity index (χ3n) is 3.76. The van der Waals surface area contributed by atoms with Crippen LogP contribution in [0.15, 0.2) is 18.2 Å². The summed E-state index contributed by atoms with van der Waals surface area (Å²) in [5.41, 5.74) is 1.44. The number of carbonyl (C=O) groups excluding carboxylic acids is 1. The molecule has 1 aliphatic heterocycles. The third kappa shape index (κ3) is 3.53. The normalized spacial score (nSPS) is 18.1. The van der Waals surface area contributed by atoms with Crippen molar-refractivity contribution in [3.63, 3.8) is 0 Å². The first-order valence-corrected chi connectivity index (χ1v) is 6.85. The maximum Gasteiger partial charge on any atom is 0.223 e. The van der Waals surface area contributed by atoms with E-state index in [1.54, 1.807) is 13.0 Å². The van der Waals surface area contributed by atoms with Gasteiger partial charge < -0.3 is 10.6 Å². The van der Waals surface area contributed by atoms with Gasteiger partial charge >= 0.3 is 0 Å². The molecule has 1 aromatic rings. The number of hydrogen-bond donors (Lipinski definition) is 2. The van der Waals surface area contributed by atoms with Gasteiger partial charge in [0.2, 0.25) is 5.91 Å². The summed E-state index contributed by atoms with van der Waals surface area (Å²) in [5, 5.41) is 6.22. The molecule has 1 aromatic carbocycles. The zero-order valence-electron chi connectivity index (χ0n) is 11.5. The molecule has 1 heterocycles. The highest BCUT2D eigenvalue weighted by Gasteiger charge is 2.22. The predicted molar refractivity (Wildman–Crippen MR) is 73.3 cm³/mol. The Morgan fingerprint density at radius 1 is 1.42 bits per heavy atom. The molecular weight excluding hydrogens is 243 g/mol. The quantitative estimate of drug-likeness (QED) is 0.879. The molecule has 1 aliphatic rings. The van der Waals surface area contributed by atoms with Crippen molar-refractivity contribution in [1.29, 1.82) is 0 Å². The zero-order chi connectivity index (χ0) is 13.8. The van der Waals surface area contributed by atoms with Crippen LogP contribution in [0.25, 0.3) is 0 Å². The SMILES string of the molecule is Cc1ccc(C(C)NC(=O)C2CCNCC2)cc1F. The summed E-state index contributed by atoms with van der Waals surface area (Å²) in [5.74, 6) is -0.0607. The summed E-state index contributed by atoms with van der Waals surface area (Å²) < 4.78 is 13.5. The van der Waals surface area contributed by atoms with Crippen LogP contribution in [0.5, 0.6) is 0 Å². The molecule has 0 spiro atoms. The van der Waals surface area contributed by atoms with E-state index in [9.17, 15) is 9.18 Å². The molecule has 1 atom stereocenters. The molecule has 0 radical (unpaired) electrons. The molecular formula is C15H21FN2O. The van der Waals surface area contributed by atoms with Gasteiger partial charge in [-0.15, -0.1) is 0 Å². The van der Waals surface area contributed by atoms with Gasteiger partial charge in [0.25, 0.3) is 0 Å². The van der Waals surface area contributed by atoms with Crippen molar-refractivity contribution < 1.29 is 9.18 Å². The second-order valence-corrected chi connectivity index (χ2v) is 5.26. The second kappa shape index (κ2) is 6.15. The average Bonchev–Trinajstić information content (AvgIpc) is 2.42. The van der Waals surface area contributed by atoms with Gasteiger partial charge in [-0.25, -0.2) is 4.39 Å². The third-order valence-corrected chi connectivity index (χ3v) is 3.76. The number of halogens is 1. The fourth-order valence-corrected chi connectivity index (χ4v) is 2.38. The van der Waals surface area contributed by atoms with Crippen LogP contribution in [0.4, 0.5) is 4.39 Å². The zero-order valence-corrected chi connectivity index (χ0v) is 11.5. The van der Waals surface area contributed by atoms with Crippen molar-refractivity contribution in [3.8, 4) is 0 Å². The Kier molecular flexibility index (Phi) is 4.53. The lowest BCUT2D eigenvalue weighted by Gasteiger charge is -2.24. The smallest absolute Gasteiger partial charge is 0.223 e. The van der Waals surface area contributed by atoms with Crippen molar-refractivity contribution in [1.82, 2.24) is 10.6 Å². The number of rotatable bonds is 3. The van der Waals surface area contributed by atoms with Crippen molar-refractivity contribution in [3.05, 3.63) is 35.1 Å². The van der Waals surface area contributed by atoms with Gasteiger partial charge in [0.15, 0.2) is 0 Å². The van der Waals surface area contributed by atoms with Gasteiger partial charge in [0, 0.05) is 5.92 Å². The average molecular weight is 264 g/mol. The highest BCUT2D eigenvalue weighted by Crippen LogP contribution is 2.18. The molecule has 2 rings (SSSR count). The summed E-state index contributed by atoms with van der Waals surface area (Å²) >= 11 is 0. The number of aryl methyl sites for hydroxylation is 1. The highest BCUT2D eigenvalue weighted by molar-refractivity contribution is 5.79. The fourth-order valence-electron chi connectivity index (χ4n) is 2.38. The highest BCUT2D eigenvalue weighted by atomic mass is 19.1. The topological polar surface area (TPSA) is 41.1 Å². The fraction of sp³-hybridized carbons (Fsp3) is 0.533. The lowest BCUT2D eigenvalue weighted by molar-refractivity contribution is -0.126. The summed E-state index contributed by atoms with van der Waals surface area (Å²) in [6.07, 6.45) is 1.75. The molecule has 0 aliphatic carbocycles. The minimum atomic E-state index is -0.222. The molecule has 0 bridgehead atoms. The van der Waals surface area contributed by atoms with E-state index in [-0.39, 0.29) is 23.7 Å². The van der Waals surface area contributed by atoms with E-state index in [2.05, 4.69) is 10.6 Å². The number of carbonyl (C=O) groups is 1. The van der Waals surface area contributed by atoms with E-state index < -0.39 is 0 Å². The van der Waals surface area contributed by atoms with Gasteiger partial charge in [-0.2, -0.15) is 0 Å². The van der Waals surface area contributed by atoms with Crippen LogP contribution in [0.1, 0.15) is 36.9 Å². The summed E-state index contributed by atoms with van der Waals surface area (Å²) in [7, 11) is 0. The second-order valence-electron chi connectivity index (χ2n) is 5.26. The lowest BCUT2D eigenvalue weighted by Crippen LogP contribution is -2.39. The Hall–Kier alpha value is -1.42. The van der Waals surface area contributed by atoms with Crippen LogP contribution in [0, 0.1) is 18.7 Å². The molecule has 1 unspecified atom stereocenters. The molecule has 1 amide bonds. The van der Waals surface area contributed by atoms with E-state index in [0.717, 1.165) is 31.5 Å². The molecule has 19 heavy (non-hydrogen) atoms. The first-order chi connectivity index (χ1) is 9.08. The van der Waals surface area contributed by atoms with E-state index in [4.69, 9.17) is 0 Å². The van der Waals surface area contributed by atoms with Crippen LogP contribution in [-0.2, 0) is 4.79 Å². The first-order valence-electron chi connectivity index (χ1n) is 6.85. The number of amides is 1. The summed E-state index contributed by atoms with van der Waals surface area (Å²) in [6.45, 7) is 5.41. The first kappa shape index (κ1) is 14.0. The van der Waals surface area contributed by atoms with Gasteiger partial charge in [0.05, 0.1) is 6.04 Å². The Morgan fingerprint density at radius 3 is 2.74 bits per heavy atom. The van der Waals surface area contributed by atoms with Gasteiger partial charge in [-0.05, 0) is 57.0 Å². The maximum atomic E-state index is 13.5. The van der Waals surface area contributed by atoms with Gasteiger partial charge in [0.1, 0.15) is 5.82 Å². The van der Waals surface area contributed by atoms with Crippen molar-refractivity contribution in [2.45, 2.75) is 32.7 Å². The minimum Gasteiger partial charge on any atom is -0.349 e. The Balaban J connectivity index is 1.97. The standard InChI is InChI=1S/C15H21FN2O/c1-10-3-4-13(9-14(10)16)11(2)18-15(19)12-5-7-17-8-6-12/h3-4,9,11-12,17H,5-8H2,1-2H3,(H,18,19). The number of hydrogen-bond acceptors (Lipinski definition) is 2. The summed E-state index contributed by atoms with van der Waals surface area (Å²) in [4.78, 5) is 12.1. The van der Waals surface area contributed by atoms with Crippen molar-refractivity contribution in [2.75, 3.05) is 13.1 Å². The minimum absolute atomic E-state index is 0.0787.